The van der Waals surface area contributed by atoms with Gasteiger partial charge >= 0.3 is 6.09 Å². The van der Waals surface area contributed by atoms with Crippen molar-refractivity contribution in [3.63, 3.8) is 0 Å². The van der Waals surface area contributed by atoms with Crippen LogP contribution in [-0.2, 0) is 10.2 Å². The molecular weight excluding hydrogens is 438 g/mol. The number of hydrogen-bond donors (Lipinski definition) is 1. The highest BCUT2D eigenvalue weighted by Gasteiger charge is 2.66. The number of halogens is 2. The molecule has 1 aromatic heterocycles. The van der Waals surface area contributed by atoms with Crippen molar-refractivity contribution in [1.82, 2.24) is 20.4 Å². The number of carbonyl (C=O) groups excluding carboxylic acids is 1. The first kappa shape index (κ1) is 23.1. The van der Waals surface area contributed by atoms with Crippen LogP contribution in [0.1, 0.15) is 64.6 Å². The first-order valence-corrected chi connectivity index (χ1v) is 12.0. The zero-order valence-electron chi connectivity index (χ0n) is 20.4. The summed E-state index contributed by atoms with van der Waals surface area (Å²) in [7, 11) is 0. The monoisotopic (exact) mass is 470 g/mol. The number of fused-ring (bicyclic) bond motifs is 5. The third kappa shape index (κ3) is 3.33. The molecular formula is C26H32F2N4O2. The van der Waals surface area contributed by atoms with Crippen molar-refractivity contribution in [2.45, 2.75) is 70.4 Å². The van der Waals surface area contributed by atoms with Gasteiger partial charge in [-0.3, -0.25) is 0 Å². The number of aromatic nitrogens is 2. The standard InChI is InChI=1S/C26H32F2N4O2/c1-24(2,3)34-23(33)32-12-11-29-20(14-32)26-10-9-16(25(26,4)5)15-13-19(30-31-22(15)26)21-17(27)7-6-8-18(21)28/h6-8,13,16,20,29H,9-12,14H2,1-5H3/t16-,20+,26-/m0/s1. The molecule has 1 aromatic carbocycles. The summed E-state index contributed by atoms with van der Waals surface area (Å²) in [5.41, 5.74) is 0.923. The van der Waals surface area contributed by atoms with Crippen molar-refractivity contribution in [2.24, 2.45) is 5.41 Å². The van der Waals surface area contributed by atoms with E-state index in [1.54, 1.807) is 4.90 Å². The molecule has 1 aliphatic heterocycles. The summed E-state index contributed by atoms with van der Waals surface area (Å²) < 4.78 is 34.6. The summed E-state index contributed by atoms with van der Waals surface area (Å²) >= 11 is 0. The number of benzene rings is 1. The van der Waals surface area contributed by atoms with Gasteiger partial charge in [-0.1, -0.05) is 19.9 Å². The Hall–Kier alpha value is -2.61. The molecule has 1 saturated carbocycles. The molecule has 2 fully saturated rings. The van der Waals surface area contributed by atoms with Gasteiger partial charge < -0.3 is 15.0 Å². The van der Waals surface area contributed by atoms with Crippen LogP contribution in [0.15, 0.2) is 24.3 Å². The summed E-state index contributed by atoms with van der Waals surface area (Å²) in [5, 5.41) is 12.6. The minimum atomic E-state index is -0.645. The van der Waals surface area contributed by atoms with Crippen molar-refractivity contribution >= 4 is 6.09 Å². The minimum Gasteiger partial charge on any atom is -0.444 e. The van der Waals surface area contributed by atoms with Gasteiger partial charge in [-0.05, 0) is 68.7 Å². The third-order valence-corrected chi connectivity index (χ3v) is 8.11. The second-order valence-electron chi connectivity index (χ2n) is 11.3. The van der Waals surface area contributed by atoms with Crippen LogP contribution >= 0.6 is 0 Å². The van der Waals surface area contributed by atoms with Crippen LogP contribution in [0.5, 0.6) is 0 Å². The molecule has 2 bridgehead atoms. The minimum absolute atomic E-state index is 0.0274. The first-order valence-electron chi connectivity index (χ1n) is 12.0. The Morgan fingerprint density at radius 3 is 2.59 bits per heavy atom. The molecule has 0 spiro atoms. The largest absolute Gasteiger partial charge is 0.444 e. The van der Waals surface area contributed by atoms with Crippen molar-refractivity contribution in [1.29, 1.82) is 0 Å². The number of amides is 1. The number of ether oxygens (including phenoxy) is 1. The quantitative estimate of drug-likeness (QED) is 0.684. The second kappa shape index (κ2) is 7.70. The summed E-state index contributed by atoms with van der Waals surface area (Å²) in [6.45, 7) is 11.8. The van der Waals surface area contributed by atoms with Crippen molar-refractivity contribution in [2.75, 3.05) is 19.6 Å². The second-order valence-corrected chi connectivity index (χ2v) is 11.3. The van der Waals surface area contributed by atoms with E-state index in [-0.39, 0.29) is 40.1 Å². The lowest BCUT2D eigenvalue weighted by molar-refractivity contribution is 0.0110. The molecule has 3 aliphatic rings. The Bertz CT molecular complexity index is 1130. The molecule has 1 N–H and O–H groups in total. The van der Waals surface area contributed by atoms with Crippen molar-refractivity contribution < 1.29 is 18.3 Å². The molecule has 1 amide bonds. The zero-order valence-corrected chi connectivity index (χ0v) is 20.4. The van der Waals surface area contributed by atoms with Crippen molar-refractivity contribution in [3.8, 4) is 11.3 Å². The van der Waals surface area contributed by atoms with E-state index < -0.39 is 17.2 Å². The molecule has 8 heteroatoms. The maximum atomic E-state index is 14.5. The molecule has 2 aromatic rings. The van der Waals surface area contributed by atoms with Crippen LogP contribution < -0.4 is 5.32 Å². The number of nitrogens with zero attached hydrogens (tertiary/aromatic N) is 3. The summed E-state index contributed by atoms with van der Waals surface area (Å²) in [6, 6.07) is 5.62. The summed E-state index contributed by atoms with van der Waals surface area (Å²) in [5.74, 6) is -1.09. The normalized spacial score (nSPS) is 27.6. The molecule has 5 rings (SSSR count). The third-order valence-electron chi connectivity index (χ3n) is 8.11. The fourth-order valence-corrected chi connectivity index (χ4v) is 6.58. The molecule has 34 heavy (non-hydrogen) atoms. The van der Waals surface area contributed by atoms with Gasteiger partial charge in [0.2, 0.25) is 0 Å². The lowest BCUT2D eigenvalue weighted by atomic mass is 9.63. The Balaban J connectivity index is 1.53. The van der Waals surface area contributed by atoms with Gasteiger partial charge in [0.15, 0.2) is 0 Å². The van der Waals surface area contributed by atoms with Gasteiger partial charge in [-0.2, -0.15) is 10.2 Å². The average molecular weight is 471 g/mol. The fraction of sp³-hybridized carbons (Fsp3) is 0.577. The van der Waals surface area contributed by atoms with E-state index in [0.29, 0.717) is 19.6 Å². The average Bonchev–Trinajstić information content (AvgIpc) is 3.14. The van der Waals surface area contributed by atoms with Gasteiger partial charge in [0.1, 0.15) is 17.2 Å². The van der Waals surface area contributed by atoms with Gasteiger partial charge in [-0.15, -0.1) is 0 Å². The predicted molar refractivity (Wildman–Crippen MR) is 124 cm³/mol. The smallest absolute Gasteiger partial charge is 0.410 e. The Morgan fingerprint density at radius 1 is 1.21 bits per heavy atom. The highest BCUT2D eigenvalue weighted by Crippen LogP contribution is 2.68. The molecule has 6 nitrogen and oxygen atoms in total. The van der Waals surface area contributed by atoms with E-state index in [1.165, 1.54) is 18.2 Å². The van der Waals surface area contributed by atoms with E-state index in [9.17, 15) is 13.6 Å². The van der Waals surface area contributed by atoms with Crippen LogP contribution in [0.2, 0.25) is 0 Å². The number of piperazine rings is 1. The lowest BCUT2D eigenvalue weighted by Gasteiger charge is -2.48. The number of carbonyl (C=O) groups is 1. The highest BCUT2D eigenvalue weighted by molar-refractivity contribution is 5.68. The fourth-order valence-electron chi connectivity index (χ4n) is 6.58. The summed E-state index contributed by atoms with van der Waals surface area (Å²) in [6.07, 6.45) is 1.56. The summed E-state index contributed by atoms with van der Waals surface area (Å²) in [4.78, 5) is 14.6. The Labute approximate surface area is 199 Å². The predicted octanol–water partition coefficient (Wildman–Crippen LogP) is 4.79. The van der Waals surface area contributed by atoms with Crippen LogP contribution in [0, 0.1) is 17.0 Å². The van der Waals surface area contributed by atoms with Gasteiger partial charge in [0, 0.05) is 31.1 Å². The van der Waals surface area contributed by atoms with E-state index in [1.807, 2.05) is 26.8 Å². The van der Waals surface area contributed by atoms with Crippen LogP contribution in [-0.4, -0.2) is 52.5 Å². The molecule has 2 heterocycles. The molecule has 0 unspecified atom stereocenters. The Morgan fingerprint density at radius 2 is 1.91 bits per heavy atom. The molecule has 0 radical (unpaired) electrons. The first-order chi connectivity index (χ1) is 16.0. The maximum absolute atomic E-state index is 14.5. The van der Waals surface area contributed by atoms with E-state index >= 15 is 0 Å². The van der Waals surface area contributed by atoms with Gasteiger partial charge in [0.25, 0.3) is 0 Å². The topological polar surface area (TPSA) is 67.3 Å². The molecule has 182 valence electrons. The van der Waals surface area contributed by atoms with Crippen molar-refractivity contribution in [3.05, 3.63) is 47.2 Å². The van der Waals surface area contributed by atoms with E-state index in [2.05, 4.69) is 29.4 Å². The van der Waals surface area contributed by atoms with Gasteiger partial charge in [0.05, 0.1) is 17.0 Å². The lowest BCUT2D eigenvalue weighted by Crippen LogP contribution is -2.63. The SMILES string of the molecule is CC(C)(C)OC(=O)N1CCN[C@@H]([C@@]23CC[C@@H](c4cc(-c5c(F)cccc5F)nnc42)C3(C)C)C1. The highest BCUT2D eigenvalue weighted by atomic mass is 19.1. The Kier molecular flexibility index (Phi) is 5.24. The maximum Gasteiger partial charge on any atom is 0.410 e. The molecule has 3 atom stereocenters. The van der Waals surface area contributed by atoms with Crippen LogP contribution in [0.4, 0.5) is 13.6 Å². The molecule has 2 aliphatic carbocycles. The van der Waals surface area contributed by atoms with E-state index in [0.717, 1.165) is 24.1 Å². The molecule has 1 saturated heterocycles. The van der Waals surface area contributed by atoms with Gasteiger partial charge in [-0.25, -0.2) is 13.6 Å². The number of rotatable bonds is 2. The number of nitrogens with one attached hydrogen (secondary N) is 1. The zero-order chi connectivity index (χ0) is 24.5. The van der Waals surface area contributed by atoms with Crippen LogP contribution in [0.25, 0.3) is 11.3 Å². The van der Waals surface area contributed by atoms with Crippen LogP contribution in [0.3, 0.4) is 0 Å². The number of hydrogen-bond acceptors (Lipinski definition) is 5. The van der Waals surface area contributed by atoms with E-state index in [4.69, 9.17) is 4.74 Å².